The highest BCUT2D eigenvalue weighted by Gasteiger charge is 2.25. The first-order valence-electron chi connectivity index (χ1n) is 9.32. The van der Waals surface area contributed by atoms with E-state index in [-0.39, 0.29) is 0 Å². The number of para-hydroxylation sites is 1. The summed E-state index contributed by atoms with van der Waals surface area (Å²) in [6.07, 6.45) is 3.97. The molecule has 0 amide bonds. The zero-order valence-corrected chi connectivity index (χ0v) is 16.7. The lowest BCUT2D eigenvalue weighted by Crippen LogP contribution is -2.47. The van der Waals surface area contributed by atoms with Gasteiger partial charge < -0.3 is 18.8 Å². The summed E-state index contributed by atoms with van der Waals surface area (Å²) in [6, 6.07) is 16.5. The molecule has 2 aromatic carbocycles. The monoisotopic (exact) mass is 370 g/mol. The molecule has 1 saturated heterocycles. The zero-order chi connectivity index (χ0) is 18.2. The van der Waals surface area contributed by atoms with Crippen molar-refractivity contribution in [3.05, 3.63) is 48.5 Å². The largest absolute Gasteiger partial charge is 0.493 e. The number of hydrogen-bond acceptors (Lipinski definition) is 4. The summed E-state index contributed by atoms with van der Waals surface area (Å²) in [6.45, 7) is 4.12. The van der Waals surface area contributed by atoms with Crippen molar-refractivity contribution in [2.45, 2.75) is 19.3 Å². The molecular formula is C21H28NO3Si. The van der Waals surface area contributed by atoms with Crippen molar-refractivity contribution < 1.29 is 13.9 Å². The van der Waals surface area contributed by atoms with Gasteiger partial charge in [-0.3, -0.25) is 0 Å². The van der Waals surface area contributed by atoms with Crippen molar-refractivity contribution in [3.8, 4) is 11.5 Å². The molecule has 1 heterocycles. The fourth-order valence-corrected chi connectivity index (χ4v) is 5.53. The standard InChI is InChI=1S/C21H28NO3Si/c1-23-19-12-9-13-20(21(19)24-2)26(18-10-5-3-6-11-18)25-17-16-22-14-7-4-8-15-22/h3,5-6,9-13H,4,7-8,14-17H2,1-2H3. The lowest BCUT2D eigenvalue weighted by atomic mass is 10.1. The molecule has 1 radical (unpaired) electrons. The van der Waals surface area contributed by atoms with E-state index in [0.29, 0.717) is 0 Å². The molecular weight excluding hydrogens is 342 g/mol. The summed E-state index contributed by atoms with van der Waals surface area (Å²) in [5.41, 5.74) is 0. The number of hydrogen-bond donors (Lipinski definition) is 0. The van der Waals surface area contributed by atoms with E-state index in [0.717, 1.165) is 29.8 Å². The molecule has 0 unspecified atom stereocenters. The van der Waals surface area contributed by atoms with Gasteiger partial charge in [-0.15, -0.1) is 0 Å². The van der Waals surface area contributed by atoms with E-state index in [1.165, 1.54) is 37.5 Å². The molecule has 1 aliphatic heterocycles. The van der Waals surface area contributed by atoms with Crippen molar-refractivity contribution in [1.82, 2.24) is 4.90 Å². The van der Waals surface area contributed by atoms with Crippen LogP contribution in [0.2, 0.25) is 0 Å². The van der Waals surface area contributed by atoms with E-state index in [2.05, 4.69) is 35.2 Å². The SMILES string of the molecule is COc1cccc([Si](OCCN2CCCCC2)c2ccccc2)c1OC. The van der Waals surface area contributed by atoms with Crippen molar-refractivity contribution in [1.29, 1.82) is 0 Å². The van der Waals surface area contributed by atoms with Crippen molar-refractivity contribution in [3.63, 3.8) is 0 Å². The average Bonchev–Trinajstić information content (AvgIpc) is 2.72. The number of likely N-dealkylation sites (tertiary alicyclic amines) is 1. The Morgan fingerprint density at radius 1 is 0.885 bits per heavy atom. The van der Waals surface area contributed by atoms with E-state index < -0.39 is 9.04 Å². The zero-order valence-electron chi connectivity index (χ0n) is 15.7. The summed E-state index contributed by atoms with van der Waals surface area (Å²) in [5, 5.41) is 2.32. The Kier molecular flexibility index (Phi) is 7.11. The predicted octanol–water partition coefficient (Wildman–Crippen LogP) is 2.31. The maximum absolute atomic E-state index is 6.48. The van der Waals surface area contributed by atoms with Gasteiger partial charge in [-0.2, -0.15) is 0 Å². The van der Waals surface area contributed by atoms with Crippen LogP contribution in [-0.4, -0.2) is 54.4 Å². The predicted molar refractivity (Wildman–Crippen MR) is 107 cm³/mol. The quantitative estimate of drug-likeness (QED) is 0.667. The number of benzene rings is 2. The van der Waals surface area contributed by atoms with Gasteiger partial charge in [0.2, 0.25) is 0 Å². The van der Waals surface area contributed by atoms with Crippen LogP contribution in [-0.2, 0) is 4.43 Å². The third kappa shape index (κ3) is 4.66. The molecule has 0 atom stereocenters. The summed E-state index contributed by atoms with van der Waals surface area (Å²) in [7, 11) is 1.96. The van der Waals surface area contributed by atoms with Crippen molar-refractivity contribution in [2.24, 2.45) is 0 Å². The van der Waals surface area contributed by atoms with E-state index in [9.17, 15) is 0 Å². The Bertz CT molecular complexity index is 674. The maximum Gasteiger partial charge on any atom is 0.286 e. The highest BCUT2D eigenvalue weighted by Crippen LogP contribution is 2.24. The summed E-state index contributed by atoms with van der Waals surface area (Å²) in [4.78, 5) is 2.51. The fraction of sp³-hybridized carbons (Fsp3) is 0.429. The molecule has 26 heavy (non-hydrogen) atoms. The lowest BCUT2D eigenvalue weighted by Gasteiger charge is -2.27. The molecule has 0 aromatic heterocycles. The van der Waals surface area contributed by atoms with E-state index in [1.54, 1.807) is 14.2 Å². The molecule has 0 saturated carbocycles. The van der Waals surface area contributed by atoms with Crippen LogP contribution in [0.3, 0.4) is 0 Å². The van der Waals surface area contributed by atoms with E-state index in [4.69, 9.17) is 13.9 Å². The highest BCUT2D eigenvalue weighted by atomic mass is 28.3. The van der Waals surface area contributed by atoms with E-state index in [1.807, 2.05) is 18.2 Å². The first-order valence-corrected chi connectivity index (χ1v) is 10.7. The third-order valence-corrected chi connectivity index (χ3v) is 7.02. The molecule has 0 N–H and O–H groups in total. The Balaban J connectivity index is 1.80. The first-order chi connectivity index (χ1) is 12.8. The highest BCUT2D eigenvalue weighted by molar-refractivity contribution is 6.80. The number of ether oxygens (including phenoxy) is 2. The number of piperidine rings is 1. The second-order valence-corrected chi connectivity index (χ2v) is 8.55. The average molecular weight is 371 g/mol. The molecule has 2 aromatic rings. The summed E-state index contributed by atoms with van der Waals surface area (Å²) >= 11 is 0. The molecule has 5 heteroatoms. The number of rotatable bonds is 8. The fourth-order valence-electron chi connectivity index (χ4n) is 3.43. The van der Waals surface area contributed by atoms with Crippen molar-refractivity contribution in [2.75, 3.05) is 40.5 Å². The second kappa shape index (κ2) is 9.76. The lowest BCUT2D eigenvalue weighted by molar-refractivity contribution is 0.185. The third-order valence-electron chi connectivity index (χ3n) is 4.79. The van der Waals surface area contributed by atoms with Gasteiger partial charge in [-0.25, -0.2) is 0 Å². The topological polar surface area (TPSA) is 30.9 Å². The maximum atomic E-state index is 6.48. The number of methoxy groups -OCH3 is 2. The van der Waals surface area contributed by atoms with Gasteiger partial charge in [-0.1, -0.05) is 48.9 Å². The van der Waals surface area contributed by atoms with Crippen LogP contribution >= 0.6 is 0 Å². The minimum Gasteiger partial charge on any atom is -0.493 e. The molecule has 0 aliphatic carbocycles. The minimum absolute atomic E-state index is 0.740. The Hall–Kier alpha value is -1.82. The molecule has 0 bridgehead atoms. The molecule has 1 fully saturated rings. The van der Waals surface area contributed by atoms with Crippen LogP contribution in [0.5, 0.6) is 11.5 Å². The van der Waals surface area contributed by atoms with Gasteiger partial charge in [0, 0.05) is 18.3 Å². The Morgan fingerprint density at radius 3 is 2.35 bits per heavy atom. The molecule has 3 rings (SSSR count). The van der Waals surface area contributed by atoms with Gasteiger partial charge in [0.05, 0.1) is 14.2 Å². The van der Waals surface area contributed by atoms with Crippen LogP contribution in [0.25, 0.3) is 0 Å². The van der Waals surface area contributed by atoms with Crippen LogP contribution < -0.4 is 19.8 Å². The molecule has 4 nitrogen and oxygen atoms in total. The summed E-state index contributed by atoms with van der Waals surface area (Å²) < 4.78 is 17.6. The van der Waals surface area contributed by atoms with E-state index >= 15 is 0 Å². The smallest absolute Gasteiger partial charge is 0.286 e. The molecule has 0 spiro atoms. The van der Waals surface area contributed by atoms with Crippen molar-refractivity contribution >= 4 is 19.4 Å². The molecule has 139 valence electrons. The Labute approximate surface area is 158 Å². The van der Waals surface area contributed by atoms with Gasteiger partial charge >= 0.3 is 0 Å². The minimum atomic E-state index is -1.41. The normalized spacial score (nSPS) is 15.2. The first kappa shape index (κ1) is 19.0. The van der Waals surface area contributed by atoms with Crippen LogP contribution in [0, 0.1) is 0 Å². The summed E-state index contributed by atoms with van der Waals surface area (Å²) in [5.74, 6) is 1.54. The van der Waals surface area contributed by atoms with Gasteiger partial charge in [0.1, 0.15) is 0 Å². The Morgan fingerprint density at radius 2 is 1.65 bits per heavy atom. The van der Waals surface area contributed by atoms with Gasteiger partial charge in [-0.05, 0) is 37.2 Å². The van der Waals surface area contributed by atoms with Crippen LogP contribution in [0.15, 0.2) is 48.5 Å². The molecule has 1 aliphatic rings. The number of nitrogens with zero attached hydrogens (tertiary/aromatic N) is 1. The van der Waals surface area contributed by atoms with Crippen LogP contribution in [0.4, 0.5) is 0 Å². The van der Waals surface area contributed by atoms with Crippen LogP contribution in [0.1, 0.15) is 19.3 Å². The second-order valence-electron chi connectivity index (χ2n) is 6.49. The van der Waals surface area contributed by atoms with Gasteiger partial charge in [0.25, 0.3) is 9.04 Å². The van der Waals surface area contributed by atoms with Gasteiger partial charge in [0.15, 0.2) is 11.5 Å².